The molecular formula is C21H22ClN3O2S. The van der Waals surface area contributed by atoms with Gasteiger partial charge in [-0.2, -0.15) is 0 Å². The average Bonchev–Trinajstić information content (AvgIpc) is 3.16. The van der Waals surface area contributed by atoms with Crippen molar-refractivity contribution in [3.05, 3.63) is 50.5 Å². The molecule has 3 aromatic rings. The second-order valence-electron chi connectivity index (χ2n) is 7.11. The number of nitrogens with two attached hydrogens (primary N) is 1. The van der Waals surface area contributed by atoms with Gasteiger partial charge in [-0.25, -0.2) is 0 Å². The van der Waals surface area contributed by atoms with E-state index >= 15 is 0 Å². The van der Waals surface area contributed by atoms with Crippen molar-refractivity contribution in [2.24, 2.45) is 5.73 Å². The molecule has 0 unspecified atom stereocenters. The summed E-state index contributed by atoms with van der Waals surface area (Å²) in [5.41, 5.74) is 9.58. The summed E-state index contributed by atoms with van der Waals surface area (Å²) in [5, 5.41) is 5.14. The van der Waals surface area contributed by atoms with Crippen molar-refractivity contribution >= 4 is 50.7 Å². The van der Waals surface area contributed by atoms with Gasteiger partial charge in [-0.05, 0) is 68.9 Å². The van der Waals surface area contributed by atoms with Crippen LogP contribution in [-0.2, 0) is 19.4 Å². The quantitative estimate of drug-likeness (QED) is 0.634. The molecule has 0 saturated carbocycles. The van der Waals surface area contributed by atoms with E-state index in [0.717, 1.165) is 52.6 Å². The van der Waals surface area contributed by atoms with Crippen molar-refractivity contribution in [3.8, 4) is 0 Å². The van der Waals surface area contributed by atoms with Gasteiger partial charge < -0.3 is 15.6 Å². The van der Waals surface area contributed by atoms with Crippen LogP contribution >= 0.6 is 22.9 Å². The first-order chi connectivity index (χ1) is 13.4. The van der Waals surface area contributed by atoms with E-state index < -0.39 is 5.91 Å². The number of carbonyl (C=O) groups is 2. The summed E-state index contributed by atoms with van der Waals surface area (Å²) in [6.45, 7) is 4.58. The summed E-state index contributed by atoms with van der Waals surface area (Å²) in [6, 6.07) is 5.65. The summed E-state index contributed by atoms with van der Waals surface area (Å²) in [6.07, 6.45) is 3.92. The molecule has 1 aliphatic carbocycles. The maximum Gasteiger partial charge on any atom is 0.273 e. The van der Waals surface area contributed by atoms with E-state index in [1.807, 2.05) is 36.6 Å². The van der Waals surface area contributed by atoms with E-state index in [9.17, 15) is 9.59 Å². The molecule has 0 saturated heterocycles. The highest BCUT2D eigenvalue weighted by Crippen LogP contribution is 2.38. The number of benzene rings is 1. The number of fused-ring (bicyclic) bond motifs is 2. The van der Waals surface area contributed by atoms with E-state index in [0.29, 0.717) is 27.8 Å². The van der Waals surface area contributed by atoms with Crippen LogP contribution in [0.25, 0.3) is 10.9 Å². The molecule has 1 aliphatic rings. The van der Waals surface area contributed by atoms with E-state index in [1.54, 1.807) is 0 Å². The van der Waals surface area contributed by atoms with Crippen molar-refractivity contribution in [1.29, 1.82) is 0 Å². The lowest BCUT2D eigenvalue weighted by molar-refractivity contribution is 0.100. The van der Waals surface area contributed by atoms with Gasteiger partial charge in [0.25, 0.3) is 11.8 Å². The molecule has 2 amide bonds. The molecule has 7 heteroatoms. The topological polar surface area (TPSA) is 77.1 Å². The predicted molar refractivity (Wildman–Crippen MR) is 115 cm³/mol. The highest BCUT2D eigenvalue weighted by atomic mass is 35.5. The van der Waals surface area contributed by atoms with Gasteiger partial charge in [-0.15, -0.1) is 11.3 Å². The second kappa shape index (κ2) is 7.26. The van der Waals surface area contributed by atoms with Crippen LogP contribution in [-0.4, -0.2) is 16.4 Å². The lowest BCUT2D eigenvalue weighted by Crippen LogP contribution is -2.21. The molecule has 0 fully saturated rings. The number of anilines is 1. The van der Waals surface area contributed by atoms with Crippen LogP contribution in [0.2, 0.25) is 5.02 Å². The van der Waals surface area contributed by atoms with E-state index in [-0.39, 0.29) is 5.91 Å². The molecule has 28 heavy (non-hydrogen) atoms. The summed E-state index contributed by atoms with van der Waals surface area (Å²) in [4.78, 5) is 26.5. The fourth-order valence-corrected chi connectivity index (χ4v) is 5.65. The number of hydrogen-bond acceptors (Lipinski definition) is 3. The summed E-state index contributed by atoms with van der Waals surface area (Å²) >= 11 is 7.64. The van der Waals surface area contributed by atoms with Crippen LogP contribution in [0.5, 0.6) is 0 Å². The zero-order valence-corrected chi connectivity index (χ0v) is 17.5. The van der Waals surface area contributed by atoms with Crippen LogP contribution < -0.4 is 11.1 Å². The van der Waals surface area contributed by atoms with Crippen LogP contribution in [0.1, 0.15) is 56.6 Å². The number of aromatic nitrogens is 1. The molecule has 2 heterocycles. The number of amides is 2. The van der Waals surface area contributed by atoms with Gasteiger partial charge in [0.05, 0.1) is 5.56 Å². The monoisotopic (exact) mass is 415 g/mol. The van der Waals surface area contributed by atoms with E-state index in [1.165, 1.54) is 11.3 Å². The van der Waals surface area contributed by atoms with Gasteiger partial charge in [0.1, 0.15) is 10.7 Å². The Balaban J connectivity index is 1.79. The maximum absolute atomic E-state index is 13.2. The van der Waals surface area contributed by atoms with E-state index in [2.05, 4.69) is 5.32 Å². The molecule has 2 aromatic heterocycles. The smallest absolute Gasteiger partial charge is 0.273 e. The number of aryl methyl sites for hydroxylation is 3. The lowest BCUT2D eigenvalue weighted by atomic mass is 9.95. The lowest BCUT2D eigenvalue weighted by Gasteiger charge is -2.11. The highest BCUT2D eigenvalue weighted by Gasteiger charge is 2.27. The Hall–Kier alpha value is -2.31. The Morgan fingerprint density at radius 2 is 2.04 bits per heavy atom. The Labute approximate surface area is 172 Å². The Kier molecular flexibility index (Phi) is 4.93. The van der Waals surface area contributed by atoms with Gasteiger partial charge in [0.2, 0.25) is 0 Å². The first-order valence-electron chi connectivity index (χ1n) is 9.46. The number of hydrogen-bond donors (Lipinski definition) is 2. The number of rotatable bonds is 4. The third kappa shape index (κ3) is 3.01. The van der Waals surface area contributed by atoms with Gasteiger partial charge in [-0.3, -0.25) is 9.59 Å². The minimum atomic E-state index is -0.478. The van der Waals surface area contributed by atoms with E-state index in [4.69, 9.17) is 17.3 Å². The Bertz CT molecular complexity index is 1110. The number of thiophene rings is 1. The first-order valence-corrected chi connectivity index (χ1v) is 10.7. The molecule has 0 aliphatic heterocycles. The van der Waals surface area contributed by atoms with Gasteiger partial charge in [0, 0.05) is 27.3 Å². The number of primary amides is 1. The van der Waals surface area contributed by atoms with Gasteiger partial charge in [0.15, 0.2) is 0 Å². The molecule has 146 valence electrons. The van der Waals surface area contributed by atoms with Gasteiger partial charge in [-0.1, -0.05) is 11.6 Å². The molecule has 0 radical (unpaired) electrons. The van der Waals surface area contributed by atoms with Crippen LogP contribution in [0.15, 0.2) is 18.2 Å². The number of nitrogens with zero attached hydrogens (tertiary/aromatic N) is 1. The molecule has 0 atom stereocenters. The van der Waals surface area contributed by atoms with Crippen molar-refractivity contribution in [1.82, 2.24) is 4.57 Å². The zero-order valence-electron chi connectivity index (χ0n) is 15.9. The fourth-order valence-electron chi connectivity index (χ4n) is 4.19. The fraction of sp³-hybridized carbons (Fsp3) is 0.333. The minimum absolute atomic E-state index is 0.229. The minimum Gasteiger partial charge on any atom is -0.365 e. The third-order valence-corrected chi connectivity index (χ3v) is 6.90. The Morgan fingerprint density at radius 1 is 1.29 bits per heavy atom. The number of halogens is 1. The van der Waals surface area contributed by atoms with Crippen molar-refractivity contribution in [3.63, 3.8) is 0 Å². The van der Waals surface area contributed by atoms with Crippen molar-refractivity contribution in [2.45, 2.75) is 46.1 Å². The normalized spacial score (nSPS) is 13.5. The molecule has 4 rings (SSSR count). The predicted octanol–water partition coefficient (Wildman–Crippen LogP) is 4.91. The van der Waals surface area contributed by atoms with Crippen molar-refractivity contribution < 1.29 is 9.59 Å². The average molecular weight is 416 g/mol. The Morgan fingerprint density at radius 3 is 2.75 bits per heavy atom. The largest absolute Gasteiger partial charge is 0.365 e. The summed E-state index contributed by atoms with van der Waals surface area (Å²) < 4.78 is 1.98. The number of nitrogens with one attached hydrogen (secondary N) is 1. The van der Waals surface area contributed by atoms with Crippen molar-refractivity contribution in [2.75, 3.05) is 5.32 Å². The molecular weight excluding hydrogens is 394 g/mol. The standard InChI is InChI=1S/C21H22ClN3O2S/c1-3-25-15-9-8-12(22)10-14(15)11(2)18(25)20(27)24-21-17(19(23)26)13-6-4-5-7-16(13)28-21/h8-10H,3-7H2,1-2H3,(H2,23,26)(H,24,27). The molecule has 3 N–H and O–H groups in total. The summed E-state index contributed by atoms with van der Waals surface area (Å²) in [7, 11) is 0. The molecule has 0 bridgehead atoms. The number of carbonyl (C=O) groups excluding carboxylic acids is 2. The first kappa shape index (κ1) is 19.0. The van der Waals surface area contributed by atoms with Crippen LogP contribution in [0.3, 0.4) is 0 Å². The van der Waals surface area contributed by atoms with Gasteiger partial charge >= 0.3 is 0 Å². The van der Waals surface area contributed by atoms with Crippen LogP contribution in [0, 0.1) is 6.92 Å². The second-order valence-corrected chi connectivity index (χ2v) is 8.65. The third-order valence-electron chi connectivity index (χ3n) is 5.45. The van der Waals surface area contributed by atoms with Crippen LogP contribution in [0.4, 0.5) is 5.00 Å². The molecule has 1 aromatic carbocycles. The molecule has 5 nitrogen and oxygen atoms in total. The zero-order chi connectivity index (χ0) is 20.0. The maximum atomic E-state index is 13.2. The SMILES string of the molecule is CCn1c(C(=O)Nc2sc3c(c2C(N)=O)CCCC3)c(C)c2cc(Cl)ccc21. The highest BCUT2D eigenvalue weighted by molar-refractivity contribution is 7.17. The molecule has 0 spiro atoms. The summed E-state index contributed by atoms with van der Waals surface area (Å²) in [5.74, 6) is -0.706.